The summed E-state index contributed by atoms with van der Waals surface area (Å²) in [5, 5.41) is 7.18. The third-order valence-corrected chi connectivity index (χ3v) is 6.35. The lowest BCUT2D eigenvalue weighted by molar-refractivity contribution is -0.118. The summed E-state index contributed by atoms with van der Waals surface area (Å²) < 4.78 is 6.38. The van der Waals surface area contributed by atoms with Crippen molar-refractivity contribution in [2.75, 3.05) is 17.6 Å². The van der Waals surface area contributed by atoms with E-state index in [0.717, 1.165) is 10.9 Å². The second-order valence-corrected chi connectivity index (χ2v) is 8.59. The van der Waals surface area contributed by atoms with Crippen molar-refractivity contribution in [1.82, 2.24) is 10.3 Å². The van der Waals surface area contributed by atoms with Crippen LogP contribution in [0.25, 0.3) is 22.2 Å². The Morgan fingerprint density at radius 1 is 1.10 bits per heavy atom. The number of carbonyl (C=O) groups is 2. The largest absolute Gasteiger partial charge is 0.451 e. The van der Waals surface area contributed by atoms with Crippen LogP contribution in [0.5, 0.6) is 0 Å². The number of nitrogens with one attached hydrogen (secondary N) is 2. The van der Waals surface area contributed by atoms with Gasteiger partial charge in [-0.3, -0.25) is 9.59 Å². The number of thioether (sulfide) groups is 1. The molecule has 0 bridgehead atoms. The van der Waals surface area contributed by atoms with Gasteiger partial charge in [-0.25, -0.2) is 4.98 Å². The van der Waals surface area contributed by atoms with Crippen molar-refractivity contribution in [3.8, 4) is 11.3 Å². The van der Waals surface area contributed by atoms with Crippen LogP contribution in [0.15, 0.2) is 69.4 Å². The summed E-state index contributed by atoms with van der Waals surface area (Å²) in [4.78, 5) is 29.3. The minimum absolute atomic E-state index is 0.0492. The van der Waals surface area contributed by atoms with Crippen LogP contribution in [0.2, 0.25) is 0 Å². The van der Waals surface area contributed by atoms with E-state index in [1.54, 1.807) is 6.07 Å². The Hall–Kier alpha value is -3.10. The van der Waals surface area contributed by atoms with Gasteiger partial charge in [0.2, 0.25) is 5.91 Å². The molecular formula is C22H19N3O3S2. The molecule has 2 heterocycles. The van der Waals surface area contributed by atoms with Gasteiger partial charge in [-0.05, 0) is 19.1 Å². The molecule has 8 heteroatoms. The first-order valence-electron chi connectivity index (χ1n) is 9.39. The van der Waals surface area contributed by atoms with Crippen LogP contribution in [0.3, 0.4) is 0 Å². The van der Waals surface area contributed by atoms with E-state index >= 15 is 0 Å². The van der Waals surface area contributed by atoms with Gasteiger partial charge in [0.15, 0.2) is 10.1 Å². The molecule has 0 radical (unpaired) electrons. The molecule has 4 rings (SSSR count). The summed E-state index contributed by atoms with van der Waals surface area (Å²) in [7, 11) is 0. The lowest BCUT2D eigenvalue weighted by Gasteiger charge is -2.03. The molecule has 0 aliphatic rings. The molecule has 0 saturated heterocycles. The summed E-state index contributed by atoms with van der Waals surface area (Å²) in [6, 6.07) is 18.8. The molecule has 152 valence electrons. The summed E-state index contributed by atoms with van der Waals surface area (Å²) in [5.41, 5.74) is 2.22. The Morgan fingerprint density at radius 2 is 1.87 bits per heavy atom. The molecule has 0 unspecified atom stereocenters. The first-order chi connectivity index (χ1) is 14.6. The fourth-order valence-electron chi connectivity index (χ4n) is 2.87. The van der Waals surface area contributed by atoms with Crippen molar-refractivity contribution in [3.05, 3.63) is 66.4 Å². The highest BCUT2D eigenvalue weighted by Crippen LogP contribution is 2.38. The number of thiazole rings is 1. The maximum absolute atomic E-state index is 12.8. The third kappa shape index (κ3) is 4.55. The van der Waals surface area contributed by atoms with Crippen LogP contribution in [0, 0.1) is 0 Å². The number of anilines is 1. The molecule has 6 nitrogen and oxygen atoms in total. The zero-order chi connectivity index (χ0) is 20.9. The van der Waals surface area contributed by atoms with Gasteiger partial charge in [0.1, 0.15) is 16.3 Å². The summed E-state index contributed by atoms with van der Waals surface area (Å²) in [5.74, 6) is 0.117. The minimum atomic E-state index is -0.340. The molecule has 0 aliphatic carbocycles. The van der Waals surface area contributed by atoms with E-state index in [4.69, 9.17) is 4.42 Å². The van der Waals surface area contributed by atoms with Crippen LogP contribution >= 0.6 is 23.1 Å². The Balaban J connectivity index is 1.60. The van der Waals surface area contributed by atoms with E-state index in [1.807, 2.05) is 61.5 Å². The van der Waals surface area contributed by atoms with Gasteiger partial charge in [-0.1, -0.05) is 71.6 Å². The van der Waals surface area contributed by atoms with Crippen LogP contribution in [0.4, 0.5) is 5.00 Å². The van der Waals surface area contributed by atoms with Gasteiger partial charge in [0, 0.05) is 17.5 Å². The highest BCUT2D eigenvalue weighted by Gasteiger charge is 2.19. The third-order valence-electron chi connectivity index (χ3n) is 4.23. The Morgan fingerprint density at radius 3 is 2.63 bits per heavy atom. The summed E-state index contributed by atoms with van der Waals surface area (Å²) in [6.07, 6.45) is 0. The van der Waals surface area contributed by atoms with E-state index in [-0.39, 0.29) is 23.3 Å². The molecule has 2 aromatic heterocycles. The molecule has 0 fully saturated rings. The fraction of sp³-hybridized carbons (Fsp3) is 0.136. The number of hydrogen-bond donors (Lipinski definition) is 2. The van der Waals surface area contributed by atoms with Crippen molar-refractivity contribution in [1.29, 1.82) is 0 Å². The van der Waals surface area contributed by atoms with Crippen molar-refractivity contribution < 1.29 is 14.0 Å². The van der Waals surface area contributed by atoms with Gasteiger partial charge in [-0.15, -0.1) is 0 Å². The average Bonchev–Trinajstić information content (AvgIpc) is 3.37. The van der Waals surface area contributed by atoms with E-state index in [2.05, 4.69) is 15.6 Å². The highest BCUT2D eigenvalue weighted by atomic mass is 32.2. The maximum atomic E-state index is 12.8. The van der Waals surface area contributed by atoms with Crippen LogP contribution < -0.4 is 10.6 Å². The standard InChI is InChI=1S/C22H19N3O3S2/c1-2-23-18(26)13-29-22-24-19(14-8-4-3-5-9-14)21(30-22)25-20(27)17-12-15-10-6-7-11-16(15)28-17/h3-12H,2,13H2,1H3,(H,23,26)(H,25,27). The molecule has 0 aliphatic heterocycles. The number of carbonyl (C=O) groups excluding carboxylic acids is 2. The monoisotopic (exact) mass is 437 g/mol. The zero-order valence-corrected chi connectivity index (χ0v) is 17.8. The molecule has 0 spiro atoms. The second kappa shape index (κ2) is 9.15. The number of para-hydroxylation sites is 1. The van der Waals surface area contributed by atoms with E-state index in [1.165, 1.54) is 23.1 Å². The van der Waals surface area contributed by atoms with Crippen LogP contribution in [-0.2, 0) is 4.79 Å². The molecule has 2 aromatic carbocycles. The number of amides is 2. The molecule has 2 amide bonds. The molecule has 0 atom stereocenters. The van der Waals surface area contributed by atoms with E-state index in [0.29, 0.717) is 27.2 Å². The van der Waals surface area contributed by atoms with Crippen LogP contribution in [-0.4, -0.2) is 29.1 Å². The van der Waals surface area contributed by atoms with Gasteiger partial charge in [-0.2, -0.15) is 0 Å². The quantitative estimate of drug-likeness (QED) is 0.396. The number of benzene rings is 2. The van der Waals surface area contributed by atoms with Crippen molar-refractivity contribution in [2.24, 2.45) is 0 Å². The van der Waals surface area contributed by atoms with E-state index < -0.39 is 0 Å². The zero-order valence-electron chi connectivity index (χ0n) is 16.2. The number of aromatic nitrogens is 1. The van der Waals surface area contributed by atoms with Crippen molar-refractivity contribution >= 4 is 50.9 Å². The first kappa shape index (κ1) is 20.2. The Bertz CT molecular complexity index is 1150. The average molecular weight is 438 g/mol. The Kier molecular flexibility index (Phi) is 6.15. The first-order valence-corrected chi connectivity index (χ1v) is 11.2. The molecular weight excluding hydrogens is 418 g/mol. The maximum Gasteiger partial charge on any atom is 0.292 e. The molecule has 2 N–H and O–H groups in total. The smallest absolute Gasteiger partial charge is 0.292 e. The van der Waals surface area contributed by atoms with Crippen LogP contribution in [0.1, 0.15) is 17.5 Å². The van der Waals surface area contributed by atoms with Crippen molar-refractivity contribution in [2.45, 2.75) is 11.3 Å². The summed E-state index contributed by atoms with van der Waals surface area (Å²) in [6.45, 7) is 2.47. The predicted octanol–water partition coefficient (Wildman–Crippen LogP) is 5.04. The topological polar surface area (TPSA) is 84.2 Å². The van der Waals surface area contributed by atoms with Gasteiger partial charge in [0.05, 0.1) is 5.75 Å². The van der Waals surface area contributed by atoms with E-state index in [9.17, 15) is 9.59 Å². The fourth-order valence-corrected chi connectivity index (χ4v) is 4.76. The number of nitrogens with zero attached hydrogens (tertiary/aromatic N) is 1. The number of hydrogen-bond acceptors (Lipinski definition) is 6. The van der Waals surface area contributed by atoms with Gasteiger partial charge >= 0.3 is 0 Å². The van der Waals surface area contributed by atoms with Gasteiger partial charge in [0.25, 0.3) is 5.91 Å². The Labute approximate surface area is 181 Å². The summed E-state index contributed by atoms with van der Waals surface area (Å²) >= 11 is 2.69. The normalized spacial score (nSPS) is 10.8. The second-order valence-electron chi connectivity index (χ2n) is 6.37. The number of rotatable bonds is 7. The lowest BCUT2D eigenvalue weighted by atomic mass is 10.2. The van der Waals surface area contributed by atoms with Gasteiger partial charge < -0.3 is 15.1 Å². The number of furan rings is 1. The molecule has 0 saturated carbocycles. The highest BCUT2D eigenvalue weighted by molar-refractivity contribution is 8.01. The SMILES string of the molecule is CCNC(=O)CSc1nc(-c2ccccc2)c(NC(=O)c2cc3ccccc3o2)s1. The molecule has 30 heavy (non-hydrogen) atoms. The number of fused-ring (bicyclic) bond motifs is 1. The van der Waals surface area contributed by atoms with Crippen molar-refractivity contribution in [3.63, 3.8) is 0 Å². The minimum Gasteiger partial charge on any atom is -0.451 e. The molecule has 4 aromatic rings. The predicted molar refractivity (Wildman–Crippen MR) is 121 cm³/mol. The lowest BCUT2D eigenvalue weighted by Crippen LogP contribution is -2.24.